The van der Waals surface area contributed by atoms with Crippen LogP contribution in [0, 0.1) is 0 Å². The molecule has 1 aromatic carbocycles. The Morgan fingerprint density at radius 1 is 1.35 bits per heavy atom. The van der Waals surface area contributed by atoms with Crippen LogP contribution in [0.4, 0.5) is 0 Å². The molecule has 0 spiro atoms. The van der Waals surface area contributed by atoms with Crippen LogP contribution in [0.25, 0.3) is 10.9 Å². The van der Waals surface area contributed by atoms with Crippen LogP contribution in [0.3, 0.4) is 0 Å². The number of benzene rings is 1. The molecule has 1 saturated heterocycles. The van der Waals surface area contributed by atoms with E-state index in [1.165, 1.54) is 10.9 Å². The summed E-state index contributed by atoms with van der Waals surface area (Å²) in [5.41, 5.74) is 8.02. The van der Waals surface area contributed by atoms with Crippen molar-refractivity contribution in [2.75, 3.05) is 13.1 Å². The molecule has 2 atom stereocenters. The molecule has 23 heavy (non-hydrogen) atoms. The minimum absolute atomic E-state index is 0. The van der Waals surface area contributed by atoms with Crippen molar-refractivity contribution < 1.29 is 9.53 Å². The van der Waals surface area contributed by atoms with Crippen molar-refractivity contribution in [3.8, 4) is 0 Å². The molecule has 0 saturated carbocycles. The largest absolute Gasteiger partial charge is 0.364 e. The number of fused-ring (bicyclic) bond motifs is 1. The zero-order chi connectivity index (χ0) is 15.4. The first-order valence-corrected chi connectivity index (χ1v) is 7.96. The Hall–Kier alpha value is -1.56. The Bertz CT molecular complexity index is 644. The second-order valence-corrected chi connectivity index (χ2v) is 5.81. The molecule has 4 N–H and O–H groups in total. The Morgan fingerprint density at radius 3 is 2.96 bits per heavy atom. The third kappa shape index (κ3) is 4.25. The van der Waals surface area contributed by atoms with Gasteiger partial charge in [-0.25, -0.2) is 0 Å². The third-order valence-corrected chi connectivity index (χ3v) is 4.26. The standard InChI is InChI=1S/C17H23N3O2.ClH/c18-10-13-7-8-16(22-13)17(21)19-9-3-4-12-11-20-15-6-2-1-5-14(12)15;/h1-2,5-6,11,13,16,20H,3-4,7-10,18H2,(H,19,21);1H/t13-,16+;/m1./s1. The number of hydrogen-bond acceptors (Lipinski definition) is 3. The maximum atomic E-state index is 12.0. The second kappa shape index (κ2) is 8.34. The van der Waals surface area contributed by atoms with Crippen molar-refractivity contribution in [1.29, 1.82) is 0 Å². The van der Waals surface area contributed by atoms with E-state index in [1.54, 1.807) is 0 Å². The monoisotopic (exact) mass is 337 g/mol. The summed E-state index contributed by atoms with van der Waals surface area (Å²) in [6.45, 7) is 1.16. The lowest BCUT2D eigenvalue weighted by atomic mass is 10.1. The van der Waals surface area contributed by atoms with Crippen LogP contribution in [0.1, 0.15) is 24.8 Å². The van der Waals surface area contributed by atoms with Crippen LogP contribution in [0.5, 0.6) is 0 Å². The first kappa shape index (κ1) is 17.8. The maximum Gasteiger partial charge on any atom is 0.249 e. The van der Waals surface area contributed by atoms with Crippen LogP contribution in [0.2, 0.25) is 0 Å². The average molecular weight is 338 g/mol. The van der Waals surface area contributed by atoms with E-state index in [9.17, 15) is 4.79 Å². The Balaban J connectivity index is 0.00000192. The molecule has 2 aromatic rings. The summed E-state index contributed by atoms with van der Waals surface area (Å²) in [6.07, 6.45) is 5.30. The number of nitrogens with two attached hydrogens (primary N) is 1. The van der Waals surface area contributed by atoms with Crippen molar-refractivity contribution >= 4 is 29.2 Å². The predicted octanol–water partition coefficient (Wildman–Crippen LogP) is 2.14. The van der Waals surface area contributed by atoms with Crippen molar-refractivity contribution in [1.82, 2.24) is 10.3 Å². The Kier molecular flexibility index (Phi) is 6.45. The van der Waals surface area contributed by atoms with Crippen LogP contribution in [-0.4, -0.2) is 36.2 Å². The molecule has 1 aliphatic heterocycles. The first-order chi connectivity index (χ1) is 10.8. The van der Waals surface area contributed by atoms with E-state index in [1.807, 2.05) is 12.1 Å². The highest BCUT2D eigenvalue weighted by molar-refractivity contribution is 5.85. The molecular formula is C17H24ClN3O2. The number of aromatic nitrogens is 1. The minimum atomic E-state index is -0.318. The number of halogens is 1. The van der Waals surface area contributed by atoms with E-state index in [-0.39, 0.29) is 30.5 Å². The Morgan fingerprint density at radius 2 is 2.17 bits per heavy atom. The van der Waals surface area contributed by atoms with Gasteiger partial charge in [0.1, 0.15) is 6.10 Å². The highest BCUT2D eigenvalue weighted by Crippen LogP contribution is 2.20. The fourth-order valence-corrected chi connectivity index (χ4v) is 3.01. The zero-order valence-corrected chi connectivity index (χ0v) is 13.9. The molecule has 1 aromatic heterocycles. The quantitative estimate of drug-likeness (QED) is 0.706. The summed E-state index contributed by atoms with van der Waals surface area (Å²) in [5, 5.41) is 4.23. The van der Waals surface area contributed by atoms with E-state index >= 15 is 0 Å². The summed E-state index contributed by atoms with van der Waals surface area (Å²) in [4.78, 5) is 15.3. The maximum absolute atomic E-state index is 12.0. The zero-order valence-electron chi connectivity index (χ0n) is 13.1. The lowest BCUT2D eigenvalue weighted by molar-refractivity contribution is -0.131. The van der Waals surface area contributed by atoms with Crippen molar-refractivity contribution in [3.63, 3.8) is 0 Å². The number of para-hydroxylation sites is 1. The van der Waals surface area contributed by atoms with Crippen molar-refractivity contribution in [2.24, 2.45) is 5.73 Å². The van der Waals surface area contributed by atoms with Gasteiger partial charge in [-0.05, 0) is 37.3 Å². The van der Waals surface area contributed by atoms with Gasteiger partial charge in [-0.1, -0.05) is 18.2 Å². The smallest absolute Gasteiger partial charge is 0.249 e. The SMILES string of the molecule is Cl.NC[C@H]1CC[C@@H](C(=O)NCCCc2c[nH]c3ccccc23)O1. The molecule has 2 heterocycles. The van der Waals surface area contributed by atoms with Gasteiger partial charge in [0.2, 0.25) is 5.91 Å². The topological polar surface area (TPSA) is 80.1 Å². The summed E-state index contributed by atoms with van der Waals surface area (Å²) >= 11 is 0. The molecule has 0 unspecified atom stereocenters. The molecule has 0 aliphatic carbocycles. The molecule has 1 aliphatic rings. The van der Waals surface area contributed by atoms with Gasteiger partial charge < -0.3 is 20.8 Å². The number of aromatic amines is 1. The number of carbonyl (C=O) groups excluding carboxylic acids is 1. The number of hydrogen-bond donors (Lipinski definition) is 3. The molecule has 6 heteroatoms. The number of ether oxygens (including phenoxy) is 1. The number of carbonyl (C=O) groups is 1. The highest BCUT2D eigenvalue weighted by atomic mass is 35.5. The highest BCUT2D eigenvalue weighted by Gasteiger charge is 2.29. The number of nitrogens with one attached hydrogen (secondary N) is 2. The fourth-order valence-electron chi connectivity index (χ4n) is 3.01. The predicted molar refractivity (Wildman–Crippen MR) is 93.8 cm³/mol. The Labute approximate surface area is 142 Å². The van der Waals surface area contributed by atoms with Gasteiger partial charge in [0.15, 0.2) is 0 Å². The van der Waals surface area contributed by atoms with Crippen LogP contribution < -0.4 is 11.1 Å². The molecule has 5 nitrogen and oxygen atoms in total. The molecule has 0 bridgehead atoms. The number of H-pyrrole nitrogens is 1. The summed E-state index contributed by atoms with van der Waals surface area (Å²) < 4.78 is 5.59. The normalized spacial score (nSPS) is 20.4. The molecule has 1 fully saturated rings. The molecule has 0 radical (unpaired) electrons. The van der Waals surface area contributed by atoms with E-state index in [4.69, 9.17) is 10.5 Å². The number of rotatable bonds is 6. The summed E-state index contributed by atoms with van der Waals surface area (Å²) in [6, 6.07) is 8.27. The molecule has 1 amide bonds. The number of aryl methyl sites for hydroxylation is 1. The summed E-state index contributed by atoms with van der Waals surface area (Å²) in [7, 11) is 0. The average Bonchev–Trinajstić information content (AvgIpc) is 3.18. The first-order valence-electron chi connectivity index (χ1n) is 7.96. The molecular weight excluding hydrogens is 314 g/mol. The molecule has 126 valence electrons. The van der Waals surface area contributed by atoms with Gasteiger partial charge in [0, 0.05) is 30.2 Å². The number of amides is 1. The molecule has 3 rings (SSSR count). The second-order valence-electron chi connectivity index (χ2n) is 5.81. The fraction of sp³-hybridized carbons (Fsp3) is 0.471. The van der Waals surface area contributed by atoms with Gasteiger partial charge in [0.25, 0.3) is 0 Å². The van der Waals surface area contributed by atoms with Crippen LogP contribution in [-0.2, 0) is 16.0 Å². The van der Waals surface area contributed by atoms with Gasteiger partial charge in [-0.2, -0.15) is 0 Å². The van der Waals surface area contributed by atoms with Crippen LogP contribution >= 0.6 is 12.4 Å². The van der Waals surface area contributed by atoms with Gasteiger partial charge in [0.05, 0.1) is 6.10 Å². The van der Waals surface area contributed by atoms with Crippen molar-refractivity contribution in [2.45, 2.75) is 37.9 Å². The van der Waals surface area contributed by atoms with Gasteiger partial charge >= 0.3 is 0 Å². The van der Waals surface area contributed by atoms with E-state index < -0.39 is 0 Å². The van der Waals surface area contributed by atoms with E-state index in [0.717, 1.165) is 31.2 Å². The lowest BCUT2D eigenvalue weighted by Gasteiger charge is -2.12. The van der Waals surface area contributed by atoms with E-state index in [0.29, 0.717) is 13.1 Å². The van der Waals surface area contributed by atoms with Gasteiger partial charge in [-0.15, -0.1) is 12.4 Å². The van der Waals surface area contributed by atoms with E-state index in [2.05, 4.69) is 28.6 Å². The van der Waals surface area contributed by atoms with Crippen molar-refractivity contribution in [3.05, 3.63) is 36.0 Å². The summed E-state index contributed by atoms with van der Waals surface area (Å²) in [5.74, 6) is -0.00474. The third-order valence-electron chi connectivity index (χ3n) is 4.26. The van der Waals surface area contributed by atoms with Gasteiger partial charge in [-0.3, -0.25) is 4.79 Å². The van der Waals surface area contributed by atoms with Crippen LogP contribution in [0.15, 0.2) is 30.5 Å². The minimum Gasteiger partial charge on any atom is -0.364 e. The lowest BCUT2D eigenvalue weighted by Crippen LogP contribution is -2.36.